The van der Waals surface area contributed by atoms with Crippen molar-refractivity contribution in [2.24, 2.45) is 0 Å². The van der Waals surface area contributed by atoms with E-state index in [1.807, 2.05) is 25.1 Å². The van der Waals surface area contributed by atoms with Gasteiger partial charge in [-0.15, -0.1) is 0 Å². The largest absolute Gasteiger partial charge is 0.362 e. The van der Waals surface area contributed by atoms with Crippen molar-refractivity contribution in [1.82, 2.24) is 15.0 Å². The molecular formula is C18H23ClN4O3S. The van der Waals surface area contributed by atoms with Crippen LogP contribution in [0.1, 0.15) is 29.8 Å². The number of carbonyl (C=O) groups is 1. The van der Waals surface area contributed by atoms with E-state index in [0.29, 0.717) is 0 Å². The van der Waals surface area contributed by atoms with Crippen molar-refractivity contribution >= 4 is 33.3 Å². The molecule has 1 aromatic heterocycles. The van der Waals surface area contributed by atoms with Gasteiger partial charge >= 0.3 is 0 Å². The molecule has 2 rings (SSSR count). The highest BCUT2D eigenvalue weighted by Gasteiger charge is 2.19. The Hall–Kier alpha value is -2.16. The number of pyridine rings is 1. The van der Waals surface area contributed by atoms with Crippen LogP contribution in [0.25, 0.3) is 0 Å². The monoisotopic (exact) mass is 410 g/mol. The molecule has 0 aliphatic carbocycles. The first-order valence-electron chi connectivity index (χ1n) is 8.33. The zero-order chi connectivity index (χ0) is 20.2. The Kier molecular flexibility index (Phi) is 6.80. The third-order valence-electron chi connectivity index (χ3n) is 3.61. The summed E-state index contributed by atoms with van der Waals surface area (Å²) in [7, 11) is 0.000688. The van der Waals surface area contributed by atoms with E-state index < -0.39 is 15.9 Å². The van der Waals surface area contributed by atoms with E-state index in [4.69, 9.17) is 11.6 Å². The summed E-state index contributed by atoms with van der Waals surface area (Å²) in [6.45, 7) is 3.67. The number of nitrogens with one attached hydrogen (secondary N) is 2. The Bertz CT molecular complexity index is 930. The van der Waals surface area contributed by atoms with Gasteiger partial charge in [0.05, 0.1) is 15.5 Å². The maximum absolute atomic E-state index is 12.6. The molecule has 2 aromatic rings. The van der Waals surface area contributed by atoms with Gasteiger partial charge in [-0.25, -0.2) is 18.1 Å². The second kappa shape index (κ2) is 8.69. The summed E-state index contributed by atoms with van der Waals surface area (Å²) < 4.78 is 27.1. The number of carbonyl (C=O) groups excluding carboxylic acids is 1. The first-order chi connectivity index (χ1) is 12.6. The molecule has 0 aliphatic rings. The smallest absolute Gasteiger partial charge is 0.253 e. The number of anilines is 1. The number of hydrogen-bond donors (Lipinski definition) is 2. The van der Waals surface area contributed by atoms with Crippen LogP contribution in [-0.2, 0) is 16.6 Å². The Labute approximate surface area is 164 Å². The molecule has 9 heteroatoms. The van der Waals surface area contributed by atoms with Crippen molar-refractivity contribution < 1.29 is 13.2 Å². The number of nitrogens with zero attached hydrogens (tertiary/aromatic N) is 2. The molecule has 0 bridgehead atoms. The minimum atomic E-state index is -3.72. The minimum Gasteiger partial charge on any atom is -0.362 e. The molecule has 0 aliphatic heterocycles. The number of sulfonamides is 1. The lowest BCUT2D eigenvalue weighted by molar-refractivity contribution is 0.0951. The average Bonchev–Trinajstić information content (AvgIpc) is 2.59. The van der Waals surface area contributed by atoms with Gasteiger partial charge in [0.1, 0.15) is 5.82 Å². The molecule has 0 fully saturated rings. The van der Waals surface area contributed by atoms with Crippen molar-refractivity contribution in [3.63, 3.8) is 0 Å². The highest BCUT2D eigenvalue weighted by molar-refractivity contribution is 7.89. The Morgan fingerprint density at radius 3 is 2.59 bits per heavy atom. The summed E-state index contributed by atoms with van der Waals surface area (Å²) >= 11 is 6.11. The standard InChI is InChI=1S/C18H23ClN4O3S/c1-12(2)22-27(25,26)14-7-8-16(19)15(10-14)18(24)21-11-13-6-5-9-20-17(13)23(3)4/h5-10,12,22H,11H2,1-4H3,(H,21,24). The van der Waals surface area contributed by atoms with E-state index in [-0.39, 0.29) is 28.1 Å². The molecule has 7 nitrogen and oxygen atoms in total. The summed E-state index contributed by atoms with van der Waals surface area (Å²) in [6.07, 6.45) is 1.67. The number of rotatable bonds is 7. The highest BCUT2D eigenvalue weighted by Crippen LogP contribution is 2.21. The Morgan fingerprint density at radius 1 is 1.26 bits per heavy atom. The van der Waals surface area contributed by atoms with Crippen molar-refractivity contribution in [2.45, 2.75) is 31.3 Å². The summed E-state index contributed by atoms with van der Waals surface area (Å²) in [5.74, 6) is 0.275. The van der Waals surface area contributed by atoms with E-state index in [0.717, 1.165) is 11.4 Å². The van der Waals surface area contributed by atoms with Crippen molar-refractivity contribution in [1.29, 1.82) is 0 Å². The summed E-state index contributed by atoms with van der Waals surface area (Å²) in [5, 5.41) is 2.94. The van der Waals surface area contributed by atoms with Crippen LogP contribution in [0.15, 0.2) is 41.4 Å². The van der Waals surface area contributed by atoms with E-state index in [1.165, 1.54) is 18.2 Å². The fraction of sp³-hybridized carbons (Fsp3) is 0.333. The fourth-order valence-electron chi connectivity index (χ4n) is 2.47. The first-order valence-corrected chi connectivity index (χ1v) is 10.2. The molecule has 1 heterocycles. The third kappa shape index (κ3) is 5.41. The Morgan fingerprint density at radius 2 is 1.96 bits per heavy atom. The fourth-order valence-corrected chi connectivity index (χ4v) is 3.95. The summed E-state index contributed by atoms with van der Waals surface area (Å²) in [4.78, 5) is 18.7. The van der Waals surface area contributed by atoms with Gasteiger partial charge in [0.25, 0.3) is 5.91 Å². The lowest BCUT2D eigenvalue weighted by Gasteiger charge is -2.16. The molecule has 0 atom stereocenters. The van der Waals surface area contributed by atoms with Gasteiger partial charge in [-0.3, -0.25) is 4.79 Å². The van der Waals surface area contributed by atoms with E-state index in [9.17, 15) is 13.2 Å². The van der Waals surface area contributed by atoms with Crippen LogP contribution in [0.3, 0.4) is 0 Å². The minimum absolute atomic E-state index is 0.0129. The molecule has 0 unspecified atom stereocenters. The van der Waals surface area contributed by atoms with E-state index >= 15 is 0 Å². The predicted octanol–water partition coefficient (Wildman–Crippen LogP) is 2.42. The molecule has 2 N–H and O–H groups in total. The van der Waals surface area contributed by atoms with Gasteiger partial charge in [-0.2, -0.15) is 0 Å². The topological polar surface area (TPSA) is 91.4 Å². The van der Waals surface area contributed by atoms with Crippen molar-refractivity contribution in [2.75, 3.05) is 19.0 Å². The lowest BCUT2D eigenvalue weighted by atomic mass is 10.2. The molecule has 1 aromatic carbocycles. The van der Waals surface area contributed by atoms with E-state index in [1.54, 1.807) is 26.1 Å². The van der Waals surface area contributed by atoms with Crippen LogP contribution in [0.2, 0.25) is 5.02 Å². The predicted molar refractivity (Wildman–Crippen MR) is 107 cm³/mol. The second-order valence-electron chi connectivity index (χ2n) is 6.48. The van der Waals surface area contributed by atoms with Gasteiger partial charge in [0.15, 0.2) is 0 Å². The summed E-state index contributed by atoms with van der Waals surface area (Å²) in [6, 6.07) is 7.43. The number of hydrogen-bond acceptors (Lipinski definition) is 5. The van der Waals surface area contributed by atoms with Crippen molar-refractivity contribution in [3.8, 4) is 0 Å². The number of benzene rings is 1. The highest BCUT2D eigenvalue weighted by atomic mass is 35.5. The zero-order valence-corrected chi connectivity index (χ0v) is 17.2. The van der Waals surface area contributed by atoms with Crippen LogP contribution < -0.4 is 14.9 Å². The Balaban J connectivity index is 2.23. The maximum atomic E-state index is 12.6. The molecule has 1 amide bonds. The second-order valence-corrected chi connectivity index (χ2v) is 8.60. The third-order valence-corrected chi connectivity index (χ3v) is 5.60. The van der Waals surface area contributed by atoms with Crippen molar-refractivity contribution in [3.05, 3.63) is 52.7 Å². The first kappa shape index (κ1) is 21.1. The molecule has 146 valence electrons. The number of halogens is 1. The van der Waals surface area contributed by atoms with Crippen LogP contribution in [0, 0.1) is 0 Å². The average molecular weight is 411 g/mol. The normalized spacial score (nSPS) is 11.5. The molecule has 0 saturated carbocycles. The van der Waals surface area contributed by atoms with E-state index in [2.05, 4.69) is 15.0 Å². The molecular weight excluding hydrogens is 388 g/mol. The quantitative estimate of drug-likeness (QED) is 0.731. The SMILES string of the molecule is CC(C)NS(=O)(=O)c1ccc(Cl)c(C(=O)NCc2cccnc2N(C)C)c1. The molecule has 0 radical (unpaired) electrons. The van der Waals surface area contributed by atoms with Gasteiger partial charge in [-0.05, 0) is 38.1 Å². The van der Waals surface area contributed by atoms with Gasteiger partial charge in [-0.1, -0.05) is 17.7 Å². The summed E-state index contributed by atoms with van der Waals surface area (Å²) in [5.41, 5.74) is 0.927. The van der Waals surface area contributed by atoms with Crippen LogP contribution >= 0.6 is 11.6 Å². The molecule has 0 spiro atoms. The van der Waals surface area contributed by atoms with Crippen LogP contribution in [-0.4, -0.2) is 39.4 Å². The van der Waals surface area contributed by atoms with Gasteiger partial charge in [0, 0.05) is 38.4 Å². The maximum Gasteiger partial charge on any atom is 0.253 e. The number of aromatic nitrogens is 1. The van der Waals surface area contributed by atoms with Crippen LogP contribution in [0.5, 0.6) is 0 Å². The van der Waals surface area contributed by atoms with Crippen LogP contribution in [0.4, 0.5) is 5.82 Å². The zero-order valence-electron chi connectivity index (χ0n) is 15.7. The molecule has 0 saturated heterocycles. The number of amides is 1. The van der Waals surface area contributed by atoms with Gasteiger partial charge in [0.2, 0.25) is 10.0 Å². The molecule has 27 heavy (non-hydrogen) atoms. The lowest BCUT2D eigenvalue weighted by Crippen LogP contribution is -2.30. The van der Waals surface area contributed by atoms with Gasteiger partial charge < -0.3 is 10.2 Å².